The van der Waals surface area contributed by atoms with Gasteiger partial charge in [0, 0.05) is 41.4 Å². The molecule has 3 atom stereocenters. The highest BCUT2D eigenvalue weighted by Crippen LogP contribution is 2.38. The molecule has 2 bridgehead atoms. The Balaban J connectivity index is 1.30. The third-order valence-corrected chi connectivity index (χ3v) is 7.56. The lowest BCUT2D eigenvalue weighted by atomic mass is 9.96. The smallest absolute Gasteiger partial charge is 0.258 e. The van der Waals surface area contributed by atoms with Crippen LogP contribution in [0.15, 0.2) is 36.4 Å². The van der Waals surface area contributed by atoms with E-state index in [2.05, 4.69) is 43.7 Å². The summed E-state index contributed by atoms with van der Waals surface area (Å²) >= 11 is 6.63. The summed E-state index contributed by atoms with van der Waals surface area (Å²) in [7, 11) is 2.23. The Hall–Kier alpha value is -2.48. The third-order valence-electron chi connectivity index (χ3n) is 7.27. The summed E-state index contributed by atoms with van der Waals surface area (Å²) in [4.78, 5) is 17.5. The largest absolute Gasteiger partial charge is 0.489 e. The van der Waals surface area contributed by atoms with Crippen molar-refractivity contribution in [2.24, 2.45) is 5.92 Å². The van der Waals surface area contributed by atoms with E-state index in [9.17, 15) is 4.79 Å². The molecule has 3 heterocycles. The molecule has 2 fully saturated rings. The number of amides is 1. The SMILES string of the molecule is CC(C)C#Cc1ccc2c(c1)CCN(c1ccc(O[C@H]3C[C@H]4CC[C@@H](C3)N4C)c(Cl)c1)C2=O. The quantitative estimate of drug-likeness (QED) is 0.560. The highest BCUT2D eigenvalue weighted by molar-refractivity contribution is 6.32. The Morgan fingerprint density at radius 1 is 1.09 bits per heavy atom. The van der Waals surface area contributed by atoms with E-state index < -0.39 is 0 Å². The van der Waals surface area contributed by atoms with Crippen molar-refractivity contribution in [2.45, 2.75) is 64.1 Å². The maximum atomic E-state index is 13.2. The summed E-state index contributed by atoms with van der Waals surface area (Å²) in [5.74, 6) is 7.44. The molecule has 1 amide bonds. The topological polar surface area (TPSA) is 32.8 Å². The van der Waals surface area contributed by atoms with Crippen LogP contribution in [0.3, 0.4) is 0 Å². The van der Waals surface area contributed by atoms with Crippen molar-refractivity contribution in [3.63, 3.8) is 0 Å². The molecule has 172 valence electrons. The number of piperidine rings is 1. The lowest BCUT2D eigenvalue weighted by molar-refractivity contribution is 0.0662. The minimum atomic E-state index is 0.0104. The van der Waals surface area contributed by atoms with Gasteiger partial charge in [0.05, 0.1) is 5.02 Å². The highest BCUT2D eigenvalue weighted by atomic mass is 35.5. The first-order valence-corrected chi connectivity index (χ1v) is 12.4. The van der Waals surface area contributed by atoms with Crippen LogP contribution in [0.2, 0.25) is 5.02 Å². The standard InChI is InChI=1S/C28H31ClN2O2/c1-18(2)4-5-19-6-10-25-20(14-19)12-13-31(28(25)32)23-9-11-27(26(29)17-23)33-24-15-21-7-8-22(16-24)30(21)3/h6,9-11,14,17-18,21-22,24H,7-8,12-13,15-16H2,1-3H3/t21-,22+,24+. The van der Waals surface area contributed by atoms with Gasteiger partial charge in [0.15, 0.2) is 0 Å². The zero-order chi connectivity index (χ0) is 23.1. The summed E-state index contributed by atoms with van der Waals surface area (Å²) in [5.41, 5.74) is 3.59. The number of hydrogen-bond donors (Lipinski definition) is 0. The van der Waals surface area contributed by atoms with Crippen molar-refractivity contribution in [2.75, 3.05) is 18.5 Å². The Bertz CT molecular complexity index is 1120. The first-order valence-electron chi connectivity index (χ1n) is 12.0. The van der Waals surface area contributed by atoms with Crippen LogP contribution in [0.1, 0.15) is 61.0 Å². The van der Waals surface area contributed by atoms with E-state index in [1.807, 2.05) is 35.2 Å². The molecular weight excluding hydrogens is 432 g/mol. The van der Waals surface area contributed by atoms with Crippen LogP contribution in [0, 0.1) is 17.8 Å². The minimum absolute atomic E-state index is 0.0104. The molecule has 5 rings (SSSR count). The number of anilines is 1. The number of benzene rings is 2. The van der Waals surface area contributed by atoms with Gasteiger partial charge < -0.3 is 14.5 Å². The summed E-state index contributed by atoms with van der Waals surface area (Å²) in [5, 5.41) is 0.566. The Labute approximate surface area is 201 Å². The van der Waals surface area contributed by atoms with Crippen LogP contribution in [0.4, 0.5) is 5.69 Å². The Morgan fingerprint density at radius 2 is 1.85 bits per heavy atom. The van der Waals surface area contributed by atoms with E-state index >= 15 is 0 Å². The first-order chi connectivity index (χ1) is 15.9. The Kier molecular flexibility index (Phi) is 6.12. The predicted molar refractivity (Wildman–Crippen MR) is 133 cm³/mol. The van der Waals surface area contributed by atoms with Crippen LogP contribution in [0.25, 0.3) is 0 Å². The van der Waals surface area contributed by atoms with Crippen LogP contribution in [-0.2, 0) is 6.42 Å². The summed E-state index contributed by atoms with van der Waals surface area (Å²) in [6.45, 7) is 4.78. The molecule has 3 aliphatic heterocycles. The van der Waals surface area contributed by atoms with Crippen molar-refractivity contribution >= 4 is 23.2 Å². The molecule has 3 aliphatic rings. The normalized spacial score (nSPS) is 24.5. The van der Waals surface area contributed by atoms with Gasteiger partial charge in [0.2, 0.25) is 0 Å². The second-order valence-electron chi connectivity index (χ2n) is 9.88. The van der Waals surface area contributed by atoms with E-state index in [1.54, 1.807) is 0 Å². The van der Waals surface area contributed by atoms with E-state index in [4.69, 9.17) is 16.3 Å². The second-order valence-corrected chi connectivity index (χ2v) is 10.3. The molecule has 0 saturated carbocycles. The third kappa shape index (κ3) is 4.50. The van der Waals surface area contributed by atoms with Crippen molar-refractivity contribution in [1.82, 2.24) is 4.90 Å². The maximum Gasteiger partial charge on any atom is 0.258 e. The number of ether oxygens (including phenoxy) is 1. The molecule has 5 heteroatoms. The number of carbonyl (C=O) groups is 1. The van der Waals surface area contributed by atoms with Crippen LogP contribution in [-0.4, -0.2) is 42.6 Å². The van der Waals surface area contributed by atoms with E-state index in [-0.39, 0.29) is 12.0 Å². The molecule has 0 N–H and O–H groups in total. The molecule has 0 aromatic heterocycles. The molecular formula is C28H31ClN2O2. The number of nitrogens with zero attached hydrogens (tertiary/aromatic N) is 2. The van der Waals surface area contributed by atoms with Gasteiger partial charge in [-0.3, -0.25) is 4.79 Å². The second kappa shape index (κ2) is 9.05. The van der Waals surface area contributed by atoms with Crippen LogP contribution in [0.5, 0.6) is 5.75 Å². The average Bonchev–Trinajstić information content (AvgIpc) is 2.99. The number of halogens is 1. The van der Waals surface area contributed by atoms with Gasteiger partial charge in [-0.1, -0.05) is 37.3 Å². The molecule has 2 aromatic carbocycles. The molecule has 0 radical (unpaired) electrons. The predicted octanol–water partition coefficient (Wildman–Crippen LogP) is 5.55. The molecule has 2 saturated heterocycles. The van der Waals surface area contributed by atoms with Crippen molar-refractivity contribution in [1.29, 1.82) is 0 Å². The van der Waals surface area contributed by atoms with Crippen molar-refractivity contribution < 1.29 is 9.53 Å². The molecule has 0 unspecified atom stereocenters. The highest BCUT2D eigenvalue weighted by Gasteiger charge is 2.39. The molecule has 4 nitrogen and oxygen atoms in total. The number of rotatable bonds is 3. The van der Waals surface area contributed by atoms with E-state index in [0.29, 0.717) is 35.3 Å². The summed E-state index contributed by atoms with van der Waals surface area (Å²) < 4.78 is 6.32. The van der Waals surface area contributed by atoms with Crippen molar-refractivity contribution in [3.05, 3.63) is 58.1 Å². The van der Waals surface area contributed by atoms with Gasteiger partial charge in [0.25, 0.3) is 5.91 Å². The van der Waals surface area contributed by atoms with Crippen LogP contribution < -0.4 is 9.64 Å². The maximum absolute atomic E-state index is 13.2. The van der Waals surface area contributed by atoms with Gasteiger partial charge in [-0.2, -0.15) is 0 Å². The Morgan fingerprint density at radius 3 is 2.55 bits per heavy atom. The minimum Gasteiger partial charge on any atom is -0.489 e. The number of hydrogen-bond acceptors (Lipinski definition) is 3. The fourth-order valence-corrected chi connectivity index (χ4v) is 5.65. The molecule has 33 heavy (non-hydrogen) atoms. The van der Waals surface area contributed by atoms with E-state index in [0.717, 1.165) is 41.6 Å². The summed E-state index contributed by atoms with van der Waals surface area (Å²) in [6, 6.07) is 12.9. The van der Waals surface area contributed by atoms with Crippen molar-refractivity contribution in [3.8, 4) is 17.6 Å². The van der Waals surface area contributed by atoms with Gasteiger partial charge in [0.1, 0.15) is 11.9 Å². The first kappa shape index (κ1) is 22.3. The fourth-order valence-electron chi connectivity index (χ4n) is 5.43. The zero-order valence-electron chi connectivity index (χ0n) is 19.6. The van der Waals surface area contributed by atoms with E-state index in [1.165, 1.54) is 12.8 Å². The zero-order valence-corrected chi connectivity index (χ0v) is 20.4. The fraction of sp³-hybridized carbons (Fsp3) is 0.464. The lowest BCUT2D eigenvalue weighted by Crippen LogP contribution is -2.43. The average molecular weight is 463 g/mol. The molecule has 2 aromatic rings. The summed E-state index contributed by atoms with van der Waals surface area (Å²) in [6.07, 6.45) is 5.63. The number of fused-ring (bicyclic) bond motifs is 3. The van der Waals surface area contributed by atoms with Gasteiger partial charge in [-0.15, -0.1) is 0 Å². The van der Waals surface area contributed by atoms with Crippen LogP contribution >= 0.6 is 11.6 Å². The van der Waals surface area contributed by atoms with Gasteiger partial charge >= 0.3 is 0 Å². The van der Waals surface area contributed by atoms with Gasteiger partial charge in [-0.05, 0) is 81.1 Å². The molecule has 0 aliphatic carbocycles. The monoisotopic (exact) mass is 462 g/mol. The number of carbonyl (C=O) groups excluding carboxylic acids is 1. The van der Waals surface area contributed by atoms with Gasteiger partial charge in [-0.25, -0.2) is 0 Å². The lowest BCUT2D eigenvalue weighted by Gasteiger charge is -2.36. The molecule has 0 spiro atoms.